The molecule has 0 saturated heterocycles. The van der Waals surface area contributed by atoms with Gasteiger partial charge in [0.25, 0.3) is 5.91 Å². The summed E-state index contributed by atoms with van der Waals surface area (Å²) in [7, 11) is 1.79. The van der Waals surface area contributed by atoms with E-state index in [1.54, 1.807) is 24.2 Å². The number of fused-ring (bicyclic) bond motifs is 1. The van der Waals surface area contributed by atoms with Gasteiger partial charge in [-0.15, -0.1) is 0 Å². The van der Waals surface area contributed by atoms with Crippen LogP contribution in [0.4, 0.5) is 5.82 Å². The summed E-state index contributed by atoms with van der Waals surface area (Å²) in [6, 6.07) is 3.62. The highest BCUT2D eigenvalue weighted by atomic mass is 16.2. The van der Waals surface area contributed by atoms with Gasteiger partial charge in [-0.2, -0.15) is 0 Å². The number of dihydropyridines is 1. The van der Waals surface area contributed by atoms with Gasteiger partial charge >= 0.3 is 0 Å². The number of aromatic nitrogens is 1. The molecular formula is C14H16N4O. The van der Waals surface area contributed by atoms with Crippen molar-refractivity contribution in [3.8, 4) is 0 Å². The fourth-order valence-electron chi connectivity index (χ4n) is 2.50. The first-order valence-corrected chi connectivity index (χ1v) is 6.39. The predicted molar refractivity (Wildman–Crippen MR) is 73.5 cm³/mol. The van der Waals surface area contributed by atoms with E-state index in [9.17, 15) is 4.79 Å². The number of rotatable bonds is 1. The third-order valence-corrected chi connectivity index (χ3v) is 3.43. The fourth-order valence-corrected chi connectivity index (χ4v) is 2.50. The molecule has 0 aromatic carbocycles. The number of nitrogens with one attached hydrogen (secondary N) is 1. The van der Waals surface area contributed by atoms with Crippen molar-refractivity contribution >= 4 is 11.7 Å². The van der Waals surface area contributed by atoms with Crippen molar-refractivity contribution in [1.82, 2.24) is 15.2 Å². The first-order valence-electron chi connectivity index (χ1n) is 6.39. The van der Waals surface area contributed by atoms with Crippen molar-refractivity contribution in [3.63, 3.8) is 0 Å². The minimum Gasteiger partial charge on any atom is -0.366 e. The van der Waals surface area contributed by atoms with Crippen LogP contribution in [0.25, 0.3) is 0 Å². The van der Waals surface area contributed by atoms with Crippen LogP contribution in [0.5, 0.6) is 0 Å². The molecule has 98 valence electrons. The zero-order valence-electron chi connectivity index (χ0n) is 11.1. The highest BCUT2D eigenvalue weighted by Gasteiger charge is 2.30. The zero-order chi connectivity index (χ0) is 13.4. The smallest absolute Gasteiger partial charge is 0.262 e. The van der Waals surface area contributed by atoms with E-state index in [2.05, 4.69) is 22.1 Å². The molecule has 0 atom stereocenters. The summed E-state index contributed by atoms with van der Waals surface area (Å²) >= 11 is 0. The number of allylic oxidation sites excluding steroid dienone is 1. The average Bonchev–Trinajstić information content (AvgIpc) is 2.55. The Morgan fingerprint density at radius 1 is 1.47 bits per heavy atom. The van der Waals surface area contributed by atoms with Gasteiger partial charge in [-0.05, 0) is 25.1 Å². The van der Waals surface area contributed by atoms with E-state index in [-0.39, 0.29) is 5.91 Å². The number of carbonyl (C=O) groups is 1. The van der Waals surface area contributed by atoms with Gasteiger partial charge in [-0.25, -0.2) is 4.98 Å². The van der Waals surface area contributed by atoms with Crippen LogP contribution in [0.1, 0.15) is 17.3 Å². The summed E-state index contributed by atoms with van der Waals surface area (Å²) < 4.78 is 0. The van der Waals surface area contributed by atoms with Gasteiger partial charge in [0.1, 0.15) is 11.6 Å². The van der Waals surface area contributed by atoms with Gasteiger partial charge < -0.3 is 10.2 Å². The third-order valence-electron chi connectivity index (χ3n) is 3.43. The first kappa shape index (κ1) is 11.8. The lowest BCUT2D eigenvalue weighted by Gasteiger charge is -2.28. The van der Waals surface area contributed by atoms with Gasteiger partial charge in [0, 0.05) is 26.3 Å². The SMILES string of the molecule is CCN1C2=C(NCC=C2)N(C)C(=O)c2cccnc21. The lowest BCUT2D eigenvalue weighted by molar-refractivity contribution is 0.0829. The first-order chi connectivity index (χ1) is 9.24. The molecular weight excluding hydrogens is 240 g/mol. The second kappa shape index (κ2) is 4.42. The van der Waals surface area contributed by atoms with Crippen molar-refractivity contribution < 1.29 is 4.79 Å². The van der Waals surface area contributed by atoms with Crippen LogP contribution in [-0.4, -0.2) is 35.9 Å². The zero-order valence-corrected chi connectivity index (χ0v) is 11.1. The van der Waals surface area contributed by atoms with Gasteiger partial charge in [0.2, 0.25) is 0 Å². The number of anilines is 1. The highest BCUT2D eigenvalue weighted by Crippen LogP contribution is 2.30. The Labute approximate surface area is 112 Å². The molecule has 5 heteroatoms. The number of hydrogen-bond acceptors (Lipinski definition) is 4. The minimum atomic E-state index is -0.0330. The maximum absolute atomic E-state index is 12.5. The normalized spacial score (nSPS) is 17.9. The molecule has 0 fully saturated rings. The number of nitrogens with zero attached hydrogens (tertiary/aromatic N) is 3. The van der Waals surface area contributed by atoms with E-state index in [0.717, 1.165) is 30.4 Å². The molecule has 2 aliphatic rings. The maximum atomic E-state index is 12.5. The number of likely N-dealkylation sites (N-methyl/N-ethyl adjacent to an activating group) is 1. The highest BCUT2D eigenvalue weighted by molar-refractivity contribution is 6.01. The average molecular weight is 256 g/mol. The van der Waals surface area contributed by atoms with Crippen LogP contribution < -0.4 is 10.2 Å². The number of pyridine rings is 1. The molecule has 1 aromatic rings. The molecule has 0 unspecified atom stereocenters. The molecule has 0 saturated carbocycles. The van der Waals surface area contributed by atoms with Crippen molar-refractivity contribution in [3.05, 3.63) is 47.6 Å². The summed E-state index contributed by atoms with van der Waals surface area (Å²) in [5.41, 5.74) is 1.62. The standard InChI is InChI=1S/C14H16N4O/c1-3-18-11-7-5-9-16-13(11)17(2)14(19)10-6-4-8-15-12(10)18/h4-8,16H,3,9H2,1-2H3. The Morgan fingerprint density at radius 3 is 3.11 bits per heavy atom. The molecule has 0 radical (unpaired) electrons. The van der Waals surface area contributed by atoms with E-state index < -0.39 is 0 Å². The van der Waals surface area contributed by atoms with Crippen LogP contribution in [0.2, 0.25) is 0 Å². The van der Waals surface area contributed by atoms with E-state index in [0.29, 0.717) is 5.56 Å². The molecule has 2 aliphatic heterocycles. The van der Waals surface area contributed by atoms with Crippen molar-refractivity contribution in [2.75, 3.05) is 25.0 Å². The molecule has 3 heterocycles. The predicted octanol–water partition coefficient (Wildman–Crippen LogP) is 1.32. The van der Waals surface area contributed by atoms with Gasteiger partial charge in [0.05, 0.1) is 11.3 Å². The molecule has 0 spiro atoms. The third kappa shape index (κ3) is 1.69. The monoisotopic (exact) mass is 256 g/mol. The van der Waals surface area contributed by atoms with Crippen molar-refractivity contribution in [2.24, 2.45) is 0 Å². The molecule has 0 aliphatic carbocycles. The van der Waals surface area contributed by atoms with E-state index in [1.165, 1.54) is 0 Å². The van der Waals surface area contributed by atoms with Crippen LogP contribution >= 0.6 is 0 Å². The van der Waals surface area contributed by atoms with Crippen LogP contribution in [0, 0.1) is 0 Å². The fraction of sp³-hybridized carbons (Fsp3) is 0.286. The Morgan fingerprint density at radius 2 is 2.32 bits per heavy atom. The number of carbonyl (C=O) groups excluding carboxylic acids is 1. The molecule has 5 nitrogen and oxygen atoms in total. The number of amides is 1. The lowest BCUT2D eigenvalue weighted by Crippen LogP contribution is -2.36. The second-order valence-electron chi connectivity index (χ2n) is 4.50. The molecule has 1 N–H and O–H groups in total. The summed E-state index contributed by atoms with van der Waals surface area (Å²) in [6.45, 7) is 3.55. The van der Waals surface area contributed by atoms with E-state index in [4.69, 9.17) is 0 Å². The Bertz CT molecular complexity index is 591. The van der Waals surface area contributed by atoms with Crippen molar-refractivity contribution in [2.45, 2.75) is 6.92 Å². The van der Waals surface area contributed by atoms with Gasteiger partial charge in [-0.3, -0.25) is 9.69 Å². The van der Waals surface area contributed by atoms with Crippen LogP contribution in [0.15, 0.2) is 42.0 Å². The van der Waals surface area contributed by atoms with E-state index >= 15 is 0 Å². The summed E-state index contributed by atoms with van der Waals surface area (Å²) in [4.78, 5) is 20.6. The number of hydrogen-bond donors (Lipinski definition) is 1. The molecule has 1 aromatic heterocycles. The summed E-state index contributed by atoms with van der Waals surface area (Å²) in [6.07, 6.45) is 5.82. The summed E-state index contributed by atoms with van der Waals surface area (Å²) in [5.74, 6) is 1.53. The van der Waals surface area contributed by atoms with Gasteiger partial charge in [0.15, 0.2) is 0 Å². The van der Waals surface area contributed by atoms with Crippen LogP contribution in [0.3, 0.4) is 0 Å². The molecule has 1 amide bonds. The molecule has 3 rings (SSSR count). The Balaban J connectivity index is 2.24. The quantitative estimate of drug-likeness (QED) is 0.823. The maximum Gasteiger partial charge on any atom is 0.262 e. The molecule has 0 bridgehead atoms. The Kier molecular flexibility index (Phi) is 2.74. The lowest BCUT2D eigenvalue weighted by atomic mass is 10.2. The minimum absolute atomic E-state index is 0.0330. The summed E-state index contributed by atoms with van der Waals surface area (Å²) in [5, 5.41) is 3.27. The van der Waals surface area contributed by atoms with Crippen LogP contribution in [-0.2, 0) is 0 Å². The van der Waals surface area contributed by atoms with Crippen molar-refractivity contribution in [1.29, 1.82) is 0 Å². The van der Waals surface area contributed by atoms with E-state index in [1.807, 2.05) is 18.2 Å². The molecule has 19 heavy (non-hydrogen) atoms. The second-order valence-corrected chi connectivity index (χ2v) is 4.50. The van der Waals surface area contributed by atoms with Gasteiger partial charge in [-0.1, -0.05) is 6.08 Å². The largest absolute Gasteiger partial charge is 0.366 e. The Hall–Kier alpha value is -2.30. The topological polar surface area (TPSA) is 48.5 Å².